The van der Waals surface area contributed by atoms with Crippen LogP contribution in [0.1, 0.15) is 38.0 Å². The molecule has 0 amide bonds. The van der Waals surface area contributed by atoms with E-state index in [2.05, 4.69) is 56.9 Å². The molecule has 3 nitrogen and oxygen atoms in total. The number of hydrogen-bond acceptors (Lipinski definition) is 3. The zero-order valence-corrected chi connectivity index (χ0v) is 13.9. The Kier molecular flexibility index (Phi) is 4.43. The number of rotatable bonds is 3. The molecule has 0 N–H and O–H groups in total. The summed E-state index contributed by atoms with van der Waals surface area (Å²) in [5.41, 5.74) is 4.53. The summed E-state index contributed by atoms with van der Waals surface area (Å²) in [5.74, 6) is 0.891. The van der Waals surface area contributed by atoms with Gasteiger partial charge < -0.3 is 4.90 Å². The molecule has 1 aromatic carbocycles. The third-order valence-electron chi connectivity index (χ3n) is 3.37. The van der Waals surface area contributed by atoms with Gasteiger partial charge in [-0.1, -0.05) is 51.1 Å². The van der Waals surface area contributed by atoms with Crippen molar-refractivity contribution in [2.75, 3.05) is 14.1 Å². The second kappa shape index (κ2) is 5.94. The van der Waals surface area contributed by atoms with Crippen molar-refractivity contribution in [1.29, 1.82) is 0 Å². The Morgan fingerprint density at radius 2 is 1.62 bits per heavy atom. The van der Waals surface area contributed by atoms with Crippen LogP contribution in [0, 0.1) is 6.92 Å². The van der Waals surface area contributed by atoms with Gasteiger partial charge in [0.05, 0.1) is 12.2 Å². The van der Waals surface area contributed by atoms with Gasteiger partial charge in [0.25, 0.3) is 0 Å². The highest BCUT2D eigenvalue weighted by Crippen LogP contribution is 2.33. The van der Waals surface area contributed by atoms with Crippen molar-refractivity contribution in [2.45, 2.75) is 39.7 Å². The predicted molar refractivity (Wildman–Crippen MR) is 88.3 cm³/mol. The van der Waals surface area contributed by atoms with E-state index in [0.717, 1.165) is 23.8 Å². The molecular weight excluding hydrogens is 258 g/mol. The van der Waals surface area contributed by atoms with Crippen LogP contribution in [0.5, 0.6) is 0 Å². The molecule has 21 heavy (non-hydrogen) atoms. The lowest BCUT2D eigenvalue weighted by atomic mass is 9.85. The minimum atomic E-state index is -0.0140. The fourth-order valence-corrected chi connectivity index (χ4v) is 2.48. The summed E-state index contributed by atoms with van der Waals surface area (Å²) < 4.78 is 0. The van der Waals surface area contributed by atoms with Gasteiger partial charge in [-0.15, -0.1) is 0 Å². The van der Waals surface area contributed by atoms with E-state index in [9.17, 15) is 0 Å². The molecule has 0 fully saturated rings. The summed E-state index contributed by atoms with van der Waals surface area (Å²) >= 11 is 0. The van der Waals surface area contributed by atoms with Crippen LogP contribution < -0.4 is 0 Å². The molecular formula is C18H25N3. The lowest BCUT2D eigenvalue weighted by Gasteiger charge is -2.24. The first-order chi connectivity index (χ1) is 9.79. The molecule has 3 heteroatoms. The van der Waals surface area contributed by atoms with Crippen LogP contribution in [0.25, 0.3) is 11.1 Å². The fraction of sp³-hybridized carbons (Fsp3) is 0.444. The van der Waals surface area contributed by atoms with Gasteiger partial charge in [-0.3, -0.25) is 0 Å². The van der Waals surface area contributed by atoms with E-state index in [1.54, 1.807) is 0 Å². The smallest absolute Gasteiger partial charge is 0.142 e. The maximum atomic E-state index is 4.87. The van der Waals surface area contributed by atoms with E-state index in [0.29, 0.717) is 0 Å². The Morgan fingerprint density at radius 3 is 2.14 bits per heavy atom. The fourth-order valence-electron chi connectivity index (χ4n) is 2.48. The van der Waals surface area contributed by atoms with Crippen LogP contribution in [0.15, 0.2) is 30.3 Å². The Bertz CT molecular complexity index is 610. The number of benzene rings is 1. The molecule has 0 radical (unpaired) electrons. The van der Waals surface area contributed by atoms with Crippen LogP contribution >= 0.6 is 0 Å². The van der Waals surface area contributed by atoms with Gasteiger partial charge >= 0.3 is 0 Å². The summed E-state index contributed by atoms with van der Waals surface area (Å²) in [6, 6.07) is 10.4. The van der Waals surface area contributed by atoms with Gasteiger partial charge in [0, 0.05) is 16.7 Å². The average molecular weight is 283 g/mol. The standard InChI is InChI=1S/C18H25N3/c1-13-16(14-10-8-7-9-11-14)17(18(2,3)4)20-15(19-13)12-21(5)6/h7-11H,12H2,1-6H3. The summed E-state index contributed by atoms with van der Waals surface area (Å²) in [5, 5.41) is 0. The van der Waals surface area contributed by atoms with E-state index < -0.39 is 0 Å². The van der Waals surface area contributed by atoms with Crippen molar-refractivity contribution in [3.63, 3.8) is 0 Å². The van der Waals surface area contributed by atoms with Gasteiger partial charge in [-0.2, -0.15) is 0 Å². The molecule has 0 aliphatic carbocycles. The van der Waals surface area contributed by atoms with E-state index in [-0.39, 0.29) is 5.41 Å². The second-order valence-corrected chi connectivity index (χ2v) is 6.80. The molecule has 0 spiro atoms. The van der Waals surface area contributed by atoms with Crippen LogP contribution in [0.3, 0.4) is 0 Å². The first-order valence-electron chi connectivity index (χ1n) is 7.37. The molecule has 0 saturated carbocycles. The van der Waals surface area contributed by atoms with Crippen LogP contribution in [0.2, 0.25) is 0 Å². The molecule has 0 unspecified atom stereocenters. The van der Waals surface area contributed by atoms with Crippen molar-refractivity contribution < 1.29 is 0 Å². The molecule has 0 aliphatic heterocycles. The molecule has 112 valence electrons. The zero-order chi connectivity index (χ0) is 15.6. The normalized spacial score (nSPS) is 12.0. The molecule has 1 aromatic heterocycles. The van der Waals surface area contributed by atoms with Crippen LogP contribution in [0.4, 0.5) is 0 Å². The predicted octanol–water partition coefficient (Wildman–Crippen LogP) is 3.81. The van der Waals surface area contributed by atoms with Gasteiger partial charge in [0.2, 0.25) is 0 Å². The lowest BCUT2D eigenvalue weighted by molar-refractivity contribution is 0.387. The summed E-state index contributed by atoms with van der Waals surface area (Å²) in [6.07, 6.45) is 0. The number of aryl methyl sites for hydroxylation is 1. The third-order valence-corrected chi connectivity index (χ3v) is 3.37. The quantitative estimate of drug-likeness (QED) is 0.857. The Balaban J connectivity index is 2.64. The topological polar surface area (TPSA) is 29.0 Å². The highest BCUT2D eigenvalue weighted by Gasteiger charge is 2.24. The minimum absolute atomic E-state index is 0.0140. The molecule has 1 heterocycles. The van der Waals surface area contributed by atoms with Gasteiger partial charge in [0.15, 0.2) is 0 Å². The highest BCUT2D eigenvalue weighted by molar-refractivity contribution is 5.69. The second-order valence-electron chi connectivity index (χ2n) is 6.80. The molecule has 0 saturated heterocycles. The lowest BCUT2D eigenvalue weighted by Crippen LogP contribution is -2.21. The molecule has 2 aromatic rings. The molecule has 0 bridgehead atoms. The maximum absolute atomic E-state index is 4.87. The SMILES string of the molecule is Cc1nc(CN(C)C)nc(C(C)(C)C)c1-c1ccccc1. The Labute approximate surface area is 128 Å². The Morgan fingerprint density at radius 1 is 1.00 bits per heavy atom. The maximum Gasteiger partial charge on any atom is 0.142 e. The van der Waals surface area contributed by atoms with E-state index in [1.807, 2.05) is 20.2 Å². The Hall–Kier alpha value is -1.74. The number of hydrogen-bond donors (Lipinski definition) is 0. The highest BCUT2D eigenvalue weighted by atomic mass is 15.1. The van der Waals surface area contributed by atoms with Crippen molar-refractivity contribution in [2.24, 2.45) is 0 Å². The first-order valence-corrected chi connectivity index (χ1v) is 7.37. The summed E-state index contributed by atoms with van der Waals surface area (Å²) in [4.78, 5) is 11.7. The van der Waals surface area contributed by atoms with Crippen molar-refractivity contribution in [1.82, 2.24) is 14.9 Å². The largest absolute Gasteiger partial charge is 0.302 e. The number of nitrogens with zero attached hydrogens (tertiary/aromatic N) is 3. The molecule has 0 aliphatic rings. The van der Waals surface area contributed by atoms with Crippen molar-refractivity contribution in [3.8, 4) is 11.1 Å². The van der Waals surface area contributed by atoms with Crippen LogP contribution in [-0.4, -0.2) is 29.0 Å². The number of aromatic nitrogens is 2. The van der Waals surface area contributed by atoms with E-state index >= 15 is 0 Å². The van der Waals surface area contributed by atoms with E-state index in [1.165, 1.54) is 11.1 Å². The van der Waals surface area contributed by atoms with Gasteiger partial charge in [-0.25, -0.2) is 9.97 Å². The average Bonchev–Trinajstić information content (AvgIpc) is 2.37. The summed E-state index contributed by atoms with van der Waals surface area (Å²) in [6.45, 7) is 9.47. The summed E-state index contributed by atoms with van der Waals surface area (Å²) in [7, 11) is 4.08. The van der Waals surface area contributed by atoms with Gasteiger partial charge in [0.1, 0.15) is 5.82 Å². The van der Waals surface area contributed by atoms with Crippen molar-refractivity contribution in [3.05, 3.63) is 47.5 Å². The van der Waals surface area contributed by atoms with Crippen LogP contribution in [-0.2, 0) is 12.0 Å². The van der Waals surface area contributed by atoms with Gasteiger partial charge in [-0.05, 0) is 26.6 Å². The third kappa shape index (κ3) is 3.67. The first kappa shape index (κ1) is 15.6. The zero-order valence-electron chi connectivity index (χ0n) is 13.9. The van der Waals surface area contributed by atoms with Crippen molar-refractivity contribution >= 4 is 0 Å². The molecule has 2 rings (SSSR count). The monoisotopic (exact) mass is 283 g/mol. The molecule has 0 atom stereocenters. The van der Waals surface area contributed by atoms with E-state index in [4.69, 9.17) is 9.97 Å². The minimum Gasteiger partial charge on any atom is -0.302 e.